The fourth-order valence-electron chi connectivity index (χ4n) is 5.16. The zero-order valence-electron chi connectivity index (χ0n) is 21.1. The number of nitrogens with one attached hydrogen (secondary N) is 2. The zero-order chi connectivity index (χ0) is 25.9. The van der Waals surface area contributed by atoms with Gasteiger partial charge in [0.2, 0.25) is 11.8 Å². The van der Waals surface area contributed by atoms with Crippen molar-refractivity contribution in [2.24, 2.45) is 5.92 Å². The van der Waals surface area contributed by atoms with Gasteiger partial charge in [0.15, 0.2) is 0 Å². The van der Waals surface area contributed by atoms with E-state index in [0.29, 0.717) is 19.8 Å². The number of thiazole rings is 1. The van der Waals surface area contributed by atoms with E-state index in [1.807, 2.05) is 11.0 Å². The molecule has 196 valence electrons. The van der Waals surface area contributed by atoms with Crippen molar-refractivity contribution in [2.45, 2.75) is 50.7 Å². The van der Waals surface area contributed by atoms with E-state index in [4.69, 9.17) is 9.72 Å². The van der Waals surface area contributed by atoms with Gasteiger partial charge in [0.1, 0.15) is 27.2 Å². The average molecular weight is 526 g/mol. The maximum atomic E-state index is 14.0. The predicted octanol–water partition coefficient (Wildman–Crippen LogP) is 3.68. The second-order valence-electron chi connectivity index (χ2n) is 9.71. The molecule has 4 heterocycles. The number of ether oxygens (including phenoxy) is 1. The average Bonchev–Trinajstić information content (AvgIpc) is 3.59. The van der Waals surface area contributed by atoms with Gasteiger partial charge in [-0.05, 0) is 69.3 Å². The molecule has 2 N–H and O–H groups in total. The molecule has 3 atom stereocenters. The highest BCUT2D eigenvalue weighted by molar-refractivity contribution is 7.18. The molecule has 8 nitrogen and oxygen atoms in total. The van der Waals surface area contributed by atoms with E-state index >= 15 is 0 Å². The molecule has 10 heteroatoms. The van der Waals surface area contributed by atoms with Crippen molar-refractivity contribution >= 4 is 33.5 Å². The van der Waals surface area contributed by atoms with E-state index in [1.54, 1.807) is 32.3 Å². The molecule has 2 fully saturated rings. The standard InChI is InChI=1S/C27H32FN5O3S/c1-16(29-2)24(34)31-22(18-10-14-36-15-11-18)27(35)33-13-3-4-21(33)25-32-23-20(9-12-30-26(23)37-25)17-5-7-19(28)8-6-17/h5-9,12,16,18,21-22,29H,3-4,10-11,13-15H2,1-2H3,(H,31,34)/t16-,21-,22-/m0/s1. The summed E-state index contributed by atoms with van der Waals surface area (Å²) in [7, 11) is 1.73. The third-order valence-electron chi connectivity index (χ3n) is 7.42. The number of amides is 2. The fraction of sp³-hybridized carbons (Fsp3) is 0.481. The number of nitrogens with zero attached hydrogens (tertiary/aromatic N) is 3. The topological polar surface area (TPSA) is 96.5 Å². The van der Waals surface area contributed by atoms with Crippen LogP contribution in [0.5, 0.6) is 0 Å². The van der Waals surface area contributed by atoms with Crippen LogP contribution in [0.15, 0.2) is 36.5 Å². The Morgan fingerprint density at radius 1 is 1.16 bits per heavy atom. The Balaban J connectivity index is 1.44. The summed E-state index contributed by atoms with van der Waals surface area (Å²) in [5, 5.41) is 6.83. The second kappa shape index (κ2) is 11.2. The van der Waals surface area contributed by atoms with Gasteiger partial charge in [-0.25, -0.2) is 14.4 Å². The van der Waals surface area contributed by atoms with Crippen LogP contribution in [-0.2, 0) is 14.3 Å². The first-order chi connectivity index (χ1) is 18.0. The molecule has 1 aromatic carbocycles. The van der Waals surface area contributed by atoms with Crippen molar-refractivity contribution in [3.05, 3.63) is 47.4 Å². The predicted molar refractivity (Wildman–Crippen MR) is 140 cm³/mol. The van der Waals surface area contributed by atoms with Crippen LogP contribution in [0.2, 0.25) is 0 Å². The summed E-state index contributed by atoms with van der Waals surface area (Å²) in [4.78, 5) is 38.9. The van der Waals surface area contributed by atoms with Crippen LogP contribution < -0.4 is 10.6 Å². The number of carbonyl (C=O) groups excluding carboxylic acids is 2. The number of carbonyl (C=O) groups is 2. The molecule has 3 aromatic rings. The van der Waals surface area contributed by atoms with Gasteiger partial charge in [0.25, 0.3) is 0 Å². The molecular formula is C27H32FN5O3S. The minimum Gasteiger partial charge on any atom is -0.381 e. The molecule has 0 aliphatic carbocycles. The van der Waals surface area contributed by atoms with Gasteiger partial charge in [0.05, 0.1) is 12.1 Å². The first-order valence-electron chi connectivity index (χ1n) is 12.8. The molecule has 2 aliphatic heterocycles. The van der Waals surface area contributed by atoms with E-state index < -0.39 is 12.1 Å². The first kappa shape index (κ1) is 25.7. The van der Waals surface area contributed by atoms with E-state index in [-0.39, 0.29) is 29.6 Å². The molecule has 37 heavy (non-hydrogen) atoms. The van der Waals surface area contributed by atoms with E-state index in [9.17, 15) is 14.0 Å². The number of halogens is 1. The smallest absolute Gasteiger partial charge is 0.246 e. The van der Waals surface area contributed by atoms with Crippen LogP contribution in [0.1, 0.15) is 43.7 Å². The third kappa shape index (κ3) is 5.37. The molecule has 0 radical (unpaired) electrons. The molecule has 2 saturated heterocycles. The van der Waals surface area contributed by atoms with Gasteiger partial charge in [-0.2, -0.15) is 0 Å². The largest absolute Gasteiger partial charge is 0.381 e. The lowest BCUT2D eigenvalue weighted by Gasteiger charge is -2.35. The lowest BCUT2D eigenvalue weighted by atomic mass is 9.90. The molecule has 0 saturated carbocycles. The Bertz CT molecular complexity index is 1260. The van der Waals surface area contributed by atoms with Crippen LogP contribution in [0, 0.1) is 11.7 Å². The summed E-state index contributed by atoms with van der Waals surface area (Å²) in [5.74, 6) is -0.505. The highest BCUT2D eigenvalue weighted by Crippen LogP contribution is 2.39. The minimum atomic E-state index is -0.602. The van der Waals surface area contributed by atoms with Gasteiger partial charge in [-0.15, -0.1) is 0 Å². The van der Waals surface area contributed by atoms with Crippen LogP contribution in [-0.4, -0.2) is 65.6 Å². The summed E-state index contributed by atoms with van der Waals surface area (Å²) in [6.07, 6.45) is 4.87. The van der Waals surface area contributed by atoms with E-state index in [1.165, 1.54) is 23.5 Å². The van der Waals surface area contributed by atoms with Crippen molar-refractivity contribution in [1.29, 1.82) is 0 Å². The van der Waals surface area contributed by atoms with Crippen molar-refractivity contribution in [3.63, 3.8) is 0 Å². The number of pyridine rings is 1. The monoisotopic (exact) mass is 525 g/mol. The molecule has 0 spiro atoms. The SMILES string of the molecule is CN[C@@H](C)C(=O)N[C@H](C(=O)N1CCC[C@H]1c1nc2c(-c3ccc(F)cc3)ccnc2s1)C1CCOCC1. The Hall–Kier alpha value is -2.95. The second-order valence-corrected chi connectivity index (χ2v) is 10.7. The number of hydrogen-bond donors (Lipinski definition) is 2. The summed E-state index contributed by atoms with van der Waals surface area (Å²) < 4.78 is 19.0. The van der Waals surface area contributed by atoms with Crippen molar-refractivity contribution in [3.8, 4) is 11.1 Å². The molecule has 2 aliphatic rings. The van der Waals surface area contributed by atoms with E-state index in [2.05, 4.69) is 15.6 Å². The Morgan fingerprint density at radius 3 is 2.65 bits per heavy atom. The van der Waals surface area contributed by atoms with Crippen LogP contribution >= 0.6 is 11.3 Å². The van der Waals surface area contributed by atoms with Crippen molar-refractivity contribution < 1.29 is 18.7 Å². The van der Waals surface area contributed by atoms with E-state index in [0.717, 1.165) is 52.2 Å². The van der Waals surface area contributed by atoms with Gasteiger partial charge in [-0.1, -0.05) is 23.5 Å². The lowest BCUT2D eigenvalue weighted by Crippen LogP contribution is -2.56. The summed E-state index contributed by atoms with van der Waals surface area (Å²) >= 11 is 1.49. The molecule has 0 bridgehead atoms. The van der Waals surface area contributed by atoms with Gasteiger partial charge in [0, 0.05) is 31.5 Å². The van der Waals surface area contributed by atoms with Crippen LogP contribution in [0.4, 0.5) is 4.39 Å². The molecule has 0 unspecified atom stereocenters. The lowest BCUT2D eigenvalue weighted by molar-refractivity contribution is -0.140. The first-order valence-corrected chi connectivity index (χ1v) is 13.6. The normalized spacial score (nSPS) is 20.2. The van der Waals surface area contributed by atoms with Crippen molar-refractivity contribution in [1.82, 2.24) is 25.5 Å². The zero-order valence-corrected chi connectivity index (χ0v) is 21.9. The molecule has 5 rings (SSSR count). The Labute approximate surface area is 219 Å². The van der Waals surface area contributed by atoms with Gasteiger partial charge < -0.3 is 20.3 Å². The summed E-state index contributed by atoms with van der Waals surface area (Å²) in [6.45, 7) is 3.58. The summed E-state index contributed by atoms with van der Waals surface area (Å²) in [5.41, 5.74) is 2.51. The molecule has 2 amide bonds. The number of aromatic nitrogens is 2. The Morgan fingerprint density at radius 2 is 1.92 bits per heavy atom. The number of likely N-dealkylation sites (tertiary alicyclic amines) is 1. The maximum absolute atomic E-state index is 14.0. The number of hydrogen-bond acceptors (Lipinski definition) is 7. The highest BCUT2D eigenvalue weighted by atomic mass is 32.1. The minimum absolute atomic E-state index is 0.0256. The number of benzene rings is 1. The number of likely N-dealkylation sites (N-methyl/N-ethyl adjacent to an activating group) is 1. The maximum Gasteiger partial charge on any atom is 0.246 e. The summed E-state index contributed by atoms with van der Waals surface area (Å²) in [6, 6.07) is 7.06. The number of fused-ring (bicyclic) bond motifs is 1. The van der Waals surface area contributed by atoms with Gasteiger partial charge >= 0.3 is 0 Å². The molecule has 2 aromatic heterocycles. The van der Waals surface area contributed by atoms with Crippen LogP contribution in [0.25, 0.3) is 21.5 Å². The Kier molecular flexibility index (Phi) is 7.78. The van der Waals surface area contributed by atoms with Gasteiger partial charge in [-0.3, -0.25) is 9.59 Å². The molecular weight excluding hydrogens is 493 g/mol. The highest BCUT2D eigenvalue weighted by Gasteiger charge is 2.40. The number of rotatable bonds is 7. The van der Waals surface area contributed by atoms with Crippen molar-refractivity contribution in [2.75, 3.05) is 26.8 Å². The fourth-order valence-corrected chi connectivity index (χ4v) is 6.24. The van der Waals surface area contributed by atoms with Crippen LogP contribution in [0.3, 0.4) is 0 Å². The third-order valence-corrected chi connectivity index (χ3v) is 8.48. The quantitative estimate of drug-likeness (QED) is 0.489.